The summed E-state index contributed by atoms with van der Waals surface area (Å²) in [6.45, 7) is 0. The Morgan fingerprint density at radius 2 is 1.69 bits per heavy atom. The van der Waals surface area contributed by atoms with Crippen LogP contribution in [-0.4, -0.2) is 12.1 Å². The van der Waals surface area contributed by atoms with E-state index in [9.17, 15) is 13.2 Å². The molecule has 0 fully saturated rings. The van der Waals surface area contributed by atoms with Gasteiger partial charge in [0.2, 0.25) is 0 Å². The molecule has 1 rings (SSSR count). The van der Waals surface area contributed by atoms with Crippen molar-refractivity contribution in [2.45, 2.75) is 12.1 Å². The molecule has 0 saturated carbocycles. The fourth-order valence-corrected chi connectivity index (χ4v) is 1.40. The van der Waals surface area contributed by atoms with E-state index >= 15 is 0 Å². The highest BCUT2D eigenvalue weighted by molar-refractivity contribution is 6.18. The average molecular weight is 209 g/mol. The Morgan fingerprint density at radius 3 is 2.08 bits per heavy atom. The summed E-state index contributed by atoms with van der Waals surface area (Å²) in [5, 5.41) is 0. The van der Waals surface area contributed by atoms with Gasteiger partial charge in [0.25, 0.3) is 0 Å². The summed E-state index contributed by atoms with van der Waals surface area (Å²) in [4.78, 5) is 0. The Hall–Kier alpha value is -0.700. The number of hydrogen-bond acceptors (Lipinski definition) is 0. The molecule has 0 heterocycles. The van der Waals surface area contributed by atoms with Gasteiger partial charge in [-0.25, -0.2) is 0 Å². The van der Waals surface area contributed by atoms with E-state index in [-0.39, 0.29) is 5.56 Å². The molecule has 72 valence electrons. The quantitative estimate of drug-likeness (QED) is 0.652. The molecule has 0 unspecified atom stereocenters. The number of halogens is 4. The Kier molecular flexibility index (Phi) is 3.20. The van der Waals surface area contributed by atoms with Gasteiger partial charge in [0, 0.05) is 5.88 Å². The Bertz CT molecular complexity index is 255. The Morgan fingerprint density at radius 1 is 1.15 bits per heavy atom. The summed E-state index contributed by atoms with van der Waals surface area (Å²) in [6.07, 6.45) is -4.26. The van der Waals surface area contributed by atoms with E-state index in [0.29, 0.717) is 0 Å². The molecule has 0 spiro atoms. The molecular formula is C9H8ClF3. The smallest absolute Gasteiger partial charge is 0.170 e. The van der Waals surface area contributed by atoms with Gasteiger partial charge in [-0.1, -0.05) is 30.3 Å². The first-order chi connectivity index (χ1) is 6.05. The van der Waals surface area contributed by atoms with Crippen LogP contribution in [0, 0.1) is 0 Å². The van der Waals surface area contributed by atoms with Crippen LogP contribution >= 0.6 is 11.6 Å². The predicted octanol–water partition coefficient (Wildman–Crippen LogP) is 3.57. The Balaban J connectivity index is 2.92. The number of alkyl halides is 4. The van der Waals surface area contributed by atoms with Crippen LogP contribution in [0.2, 0.25) is 0 Å². The predicted molar refractivity (Wildman–Crippen MR) is 46.0 cm³/mol. The first-order valence-corrected chi connectivity index (χ1v) is 4.27. The van der Waals surface area contributed by atoms with E-state index in [2.05, 4.69) is 0 Å². The minimum Gasteiger partial charge on any atom is -0.170 e. The fourth-order valence-electron chi connectivity index (χ4n) is 1.05. The highest BCUT2D eigenvalue weighted by atomic mass is 35.5. The lowest BCUT2D eigenvalue weighted by Crippen LogP contribution is -2.22. The van der Waals surface area contributed by atoms with Crippen LogP contribution in [-0.2, 0) is 0 Å². The second kappa shape index (κ2) is 4.01. The van der Waals surface area contributed by atoms with Crippen LogP contribution < -0.4 is 0 Å². The molecule has 0 N–H and O–H groups in total. The van der Waals surface area contributed by atoms with Gasteiger partial charge in [-0.05, 0) is 5.56 Å². The zero-order valence-corrected chi connectivity index (χ0v) is 7.44. The summed E-state index contributed by atoms with van der Waals surface area (Å²) >= 11 is 5.27. The maximum atomic E-state index is 12.3. The second-order valence-corrected chi connectivity index (χ2v) is 2.97. The molecule has 0 aromatic heterocycles. The van der Waals surface area contributed by atoms with Crippen molar-refractivity contribution in [2.24, 2.45) is 0 Å². The molecule has 0 amide bonds. The van der Waals surface area contributed by atoms with E-state index in [4.69, 9.17) is 11.6 Å². The minimum absolute atomic E-state index is 0.213. The molecule has 0 radical (unpaired) electrons. The van der Waals surface area contributed by atoms with E-state index < -0.39 is 18.0 Å². The van der Waals surface area contributed by atoms with Crippen molar-refractivity contribution < 1.29 is 13.2 Å². The van der Waals surface area contributed by atoms with Gasteiger partial charge in [0.15, 0.2) is 0 Å². The lowest BCUT2D eigenvalue weighted by Gasteiger charge is -2.17. The van der Waals surface area contributed by atoms with E-state index in [1.54, 1.807) is 18.2 Å². The maximum Gasteiger partial charge on any atom is 0.396 e. The zero-order valence-electron chi connectivity index (χ0n) is 6.68. The van der Waals surface area contributed by atoms with E-state index in [1.807, 2.05) is 0 Å². The standard InChI is InChI=1S/C9H8ClF3/c10-6-8(9(11,12)13)7-4-2-1-3-5-7/h1-5,8H,6H2/t8-/m1/s1. The Labute approximate surface area is 79.3 Å². The first kappa shape index (κ1) is 10.4. The van der Waals surface area contributed by atoms with Crippen LogP contribution in [0.5, 0.6) is 0 Å². The third kappa shape index (κ3) is 2.62. The minimum atomic E-state index is -4.26. The molecule has 1 aromatic rings. The van der Waals surface area contributed by atoms with Gasteiger partial charge < -0.3 is 0 Å². The third-order valence-corrected chi connectivity index (χ3v) is 2.06. The number of benzene rings is 1. The topological polar surface area (TPSA) is 0 Å². The van der Waals surface area contributed by atoms with Crippen molar-refractivity contribution in [3.63, 3.8) is 0 Å². The van der Waals surface area contributed by atoms with Crippen LogP contribution in [0.3, 0.4) is 0 Å². The summed E-state index contributed by atoms with van der Waals surface area (Å²) in [5.41, 5.74) is 0.213. The van der Waals surface area contributed by atoms with Crippen molar-refractivity contribution in [1.82, 2.24) is 0 Å². The van der Waals surface area contributed by atoms with E-state index in [0.717, 1.165) is 0 Å². The molecule has 13 heavy (non-hydrogen) atoms. The average Bonchev–Trinajstić information content (AvgIpc) is 2.05. The van der Waals surface area contributed by atoms with E-state index in [1.165, 1.54) is 12.1 Å². The second-order valence-electron chi connectivity index (χ2n) is 2.66. The van der Waals surface area contributed by atoms with Crippen LogP contribution in [0.15, 0.2) is 30.3 Å². The summed E-state index contributed by atoms with van der Waals surface area (Å²) in [7, 11) is 0. The van der Waals surface area contributed by atoms with Gasteiger partial charge in [-0.15, -0.1) is 11.6 Å². The van der Waals surface area contributed by atoms with Crippen LogP contribution in [0.1, 0.15) is 11.5 Å². The molecule has 4 heteroatoms. The molecule has 0 aliphatic carbocycles. The largest absolute Gasteiger partial charge is 0.396 e. The summed E-state index contributed by atoms with van der Waals surface area (Å²) < 4.78 is 37.0. The molecule has 0 bridgehead atoms. The van der Waals surface area contributed by atoms with Crippen molar-refractivity contribution in [3.05, 3.63) is 35.9 Å². The lowest BCUT2D eigenvalue weighted by atomic mass is 10.0. The van der Waals surface area contributed by atoms with Gasteiger partial charge in [-0.2, -0.15) is 13.2 Å². The molecule has 0 nitrogen and oxygen atoms in total. The normalized spacial score (nSPS) is 14.2. The van der Waals surface area contributed by atoms with Crippen molar-refractivity contribution in [2.75, 3.05) is 5.88 Å². The number of hydrogen-bond donors (Lipinski definition) is 0. The molecule has 1 aromatic carbocycles. The van der Waals surface area contributed by atoms with Crippen molar-refractivity contribution >= 4 is 11.6 Å². The lowest BCUT2D eigenvalue weighted by molar-refractivity contribution is -0.145. The summed E-state index contributed by atoms with van der Waals surface area (Å²) in [6, 6.07) is 7.67. The highest BCUT2D eigenvalue weighted by Gasteiger charge is 2.39. The third-order valence-electron chi connectivity index (χ3n) is 1.75. The zero-order chi connectivity index (χ0) is 9.90. The molecule has 0 aliphatic rings. The van der Waals surface area contributed by atoms with Crippen molar-refractivity contribution in [1.29, 1.82) is 0 Å². The first-order valence-electron chi connectivity index (χ1n) is 3.73. The highest BCUT2D eigenvalue weighted by Crippen LogP contribution is 2.35. The number of rotatable bonds is 2. The molecular weight excluding hydrogens is 201 g/mol. The SMILES string of the molecule is FC(F)(F)[C@H](CCl)c1ccccc1. The van der Waals surface area contributed by atoms with Gasteiger partial charge in [0.1, 0.15) is 0 Å². The maximum absolute atomic E-state index is 12.3. The van der Waals surface area contributed by atoms with Crippen molar-refractivity contribution in [3.8, 4) is 0 Å². The van der Waals surface area contributed by atoms with Gasteiger partial charge >= 0.3 is 6.18 Å². The van der Waals surface area contributed by atoms with Crippen LogP contribution in [0.25, 0.3) is 0 Å². The molecule has 1 atom stereocenters. The van der Waals surface area contributed by atoms with Gasteiger partial charge in [0.05, 0.1) is 5.92 Å². The van der Waals surface area contributed by atoms with Crippen LogP contribution in [0.4, 0.5) is 13.2 Å². The fraction of sp³-hybridized carbons (Fsp3) is 0.333. The summed E-state index contributed by atoms with van der Waals surface area (Å²) in [5.74, 6) is -2.00. The van der Waals surface area contributed by atoms with Gasteiger partial charge in [-0.3, -0.25) is 0 Å². The molecule has 0 aliphatic heterocycles. The monoisotopic (exact) mass is 208 g/mol. The molecule has 0 saturated heterocycles.